The first kappa shape index (κ1) is 11.7. The number of nitrogen functional groups attached to an aromatic ring is 1. The lowest BCUT2D eigenvalue weighted by atomic mass is 10.2. The number of nitrogens with one attached hydrogen (secondary N) is 2. The molecule has 2 aromatic heterocycles. The van der Waals surface area contributed by atoms with Crippen LogP contribution in [0.25, 0.3) is 0 Å². The Kier molecular flexibility index (Phi) is 3.49. The monoisotopic (exact) mass is 249 g/mol. The van der Waals surface area contributed by atoms with Gasteiger partial charge >= 0.3 is 0 Å². The summed E-state index contributed by atoms with van der Waals surface area (Å²) in [5.74, 6) is -0.128. The minimum absolute atomic E-state index is 0.128. The lowest BCUT2D eigenvalue weighted by Crippen LogP contribution is -2.23. The summed E-state index contributed by atoms with van der Waals surface area (Å²) < 4.78 is 0. The predicted molar refractivity (Wildman–Crippen MR) is 70.1 cm³/mol. The third-order valence-corrected chi connectivity index (χ3v) is 3.54. The molecule has 0 unspecified atom stereocenters. The van der Waals surface area contributed by atoms with Crippen molar-refractivity contribution < 1.29 is 4.79 Å². The van der Waals surface area contributed by atoms with Crippen LogP contribution in [-0.4, -0.2) is 10.9 Å². The molecule has 0 radical (unpaired) electrons. The van der Waals surface area contributed by atoms with Crippen LogP contribution < -0.4 is 11.1 Å². The van der Waals surface area contributed by atoms with E-state index in [1.807, 2.05) is 5.38 Å². The van der Waals surface area contributed by atoms with Gasteiger partial charge in [0.15, 0.2) is 0 Å². The molecule has 4 N–H and O–H groups in total. The molecule has 0 saturated heterocycles. The number of rotatable bonds is 4. The number of aromatic nitrogens is 1. The van der Waals surface area contributed by atoms with Crippen molar-refractivity contribution >= 4 is 22.9 Å². The number of aryl methyl sites for hydroxylation is 1. The van der Waals surface area contributed by atoms with Crippen molar-refractivity contribution in [1.29, 1.82) is 0 Å². The lowest BCUT2D eigenvalue weighted by molar-refractivity contribution is 0.0947. The number of H-pyrrole nitrogens is 1. The molecule has 0 fully saturated rings. The number of aromatic amines is 1. The van der Waals surface area contributed by atoms with Gasteiger partial charge in [-0.15, -0.1) is 11.3 Å². The van der Waals surface area contributed by atoms with Gasteiger partial charge in [-0.25, -0.2) is 0 Å². The molecule has 90 valence electrons. The number of amides is 1. The summed E-state index contributed by atoms with van der Waals surface area (Å²) in [5.41, 5.74) is 7.90. The minimum atomic E-state index is -0.128. The van der Waals surface area contributed by atoms with Gasteiger partial charge in [-0.1, -0.05) is 6.92 Å². The molecule has 1 amide bonds. The summed E-state index contributed by atoms with van der Waals surface area (Å²) in [6.07, 6.45) is 2.60. The van der Waals surface area contributed by atoms with Crippen LogP contribution in [0.15, 0.2) is 23.7 Å². The fraction of sp³-hybridized carbons (Fsp3) is 0.250. The Morgan fingerprint density at radius 1 is 1.59 bits per heavy atom. The van der Waals surface area contributed by atoms with Gasteiger partial charge in [0.05, 0.1) is 6.54 Å². The molecular formula is C12H15N3OS. The summed E-state index contributed by atoms with van der Waals surface area (Å²) in [4.78, 5) is 15.8. The standard InChI is InChI=1S/C12H15N3OS/c1-2-8-3-4-17-11(8)7-15-12(16)10-5-9(13)6-14-10/h3-6,14H,2,7,13H2,1H3,(H,15,16). The highest BCUT2D eigenvalue weighted by molar-refractivity contribution is 7.10. The number of hydrogen-bond acceptors (Lipinski definition) is 3. The molecule has 0 spiro atoms. The molecule has 0 saturated carbocycles. The Hall–Kier alpha value is -1.75. The average molecular weight is 249 g/mol. The van der Waals surface area contributed by atoms with Gasteiger partial charge in [0.25, 0.3) is 5.91 Å². The fourth-order valence-corrected chi connectivity index (χ4v) is 2.55. The van der Waals surface area contributed by atoms with Crippen molar-refractivity contribution in [2.24, 2.45) is 0 Å². The fourth-order valence-electron chi connectivity index (χ4n) is 1.64. The summed E-state index contributed by atoms with van der Waals surface area (Å²) in [6.45, 7) is 2.68. The van der Waals surface area contributed by atoms with Crippen molar-refractivity contribution in [2.45, 2.75) is 19.9 Å². The van der Waals surface area contributed by atoms with E-state index in [0.717, 1.165) is 6.42 Å². The SMILES string of the molecule is CCc1ccsc1CNC(=O)c1cc(N)c[nH]1. The average Bonchev–Trinajstić information content (AvgIpc) is 2.94. The first-order valence-corrected chi connectivity index (χ1v) is 6.36. The number of thiophene rings is 1. The van der Waals surface area contributed by atoms with Crippen LogP contribution >= 0.6 is 11.3 Å². The van der Waals surface area contributed by atoms with Crippen LogP contribution in [0.2, 0.25) is 0 Å². The zero-order valence-corrected chi connectivity index (χ0v) is 10.4. The molecular weight excluding hydrogens is 234 g/mol. The highest BCUT2D eigenvalue weighted by Crippen LogP contribution is 2.17. The third-order valence-electron chi connectivity index (χ3n) is 2.58. The van der Waals surface area contributed by atoms with Crippen LogP contribution in [0.3, 0.4) is 0 Å². The van der Waals surface area contributed by atoms with Crippen LogP contribution in [0, 0.1) is 0 Å². The Balaban J connectivity index is 1.97. The van der Waals surface area contributed by atoms with Gasteiger partial charge < -0.3 is 16.0 Å². The van der Waals surface area contributed by atoms with E-state index in [0.29, 0.717) is 17.9 Å². The second-order valence-corrected chi connectivity index (χ2v) is 4.75. The van der Waals surface area contributed by atoms with E-state index in [4.69, 9.17) is 5.73 Å². The molecule has 0 atom stereocenters. The van der Waals surface area contributed by atoms with E-state index in [1.54, 1.807) is 23.6 Å². The largest absolute Gasteiger partial charge is 0.397 e. The normalized spacial score (nSPS) is 10.4. The van der Waals surface area contributed by atoms with Crippen LogP contribution in [-0.2, 0) is 13.0 Å². The number of hydrogen-bond donors (Lipinski definition) is 3. The van der Waals surface area contributed by atoms with Gasteiger partial charge in [-0.05, 0) is 29.5 Å². The number of carbonyl (C=O) groups is 1. The molecule has 2 rings (SSSR count). The molecule has 4 nitrogen and oxygen atoms in total. The maximum absolute atomic E-state index is 11.8. The Bertz CT molecular complexity index is 515. The van der Waals surface area contributed by atoms with Gasteiger partial charge in [0, 0.05) is 16.8 Å². The first-order chi connectivity index (χ1) is 8.20. The summed E-state index contributed by atoms with van der Waals surface area (Å²) in [6, 6.07) is 3.73. The first-order valence-electron chi connectivity index (χ1n) is 5.48. The zero-order valence-electron chi connectivity index (χ0n) is 9.62. The van der Waals surface area contributed by atoms with Gasteiger partial charge in [-0.3, -0.25) is 4.79 Å². The van der Waals surface area contributed by atoms with E-state index in [2.05, 4.69) is 23.3 Å². The van der Waals surface area contributed by atoms with Gasteiger partial charge in [0.1, 0.15) is 5.69 Å². The quantitative estimate of drug-likeness (QED) is 0.777. The Morgan fingerprint density at radius 2 is 2.41 bits per heavy atom. The van der Waals surface area contributed by atoms with Crippen LogP contribution in [0.4, 0.5) is 5.69 Å². The predicted octanol–water partition coefficient (Wildman–Crippen LogP) is 2.15. The maximum Gasteiger partial charge on any atom is 0.268 e. The maximum atomic E-state index is 11.8. The highest BCUT2D eigenvalue weighted by Gasteiger charge is 2.09. The lowest BCUT2D eigenvalue weighted by Gasteiger charge is -2.03. The topological polar surface area (TPSA) is 70.9 Å². The molecule has 0 aliphatic carbocycles. The number of anilines is 1. The summed E-state index contributed by atoms with van der Waals surface area (Å²) in [5, 5.41) is 4.92. The Labute approximate surface area is 104 Å². The third kappa shape index (κ3) is 2.68. The van der Waals surface area contributed by atoms with Crippen molar-refractivity contribution in [1.82, 2.24) is 10.3 Å². The minimum Gasteiger partial charge on any atom is -0.397 e. The second kappa shape index (κ2) is 5.05. The highest BCUT2D eigenvalue weighted by atomic mass is 32.1. The van der Waals surface area contributed by atoms with Gasteiger partial charge in [-0.2, -0.15) is 0 Å². The molecule has 2 heterocycles. The van der Waals surface area contributed by atoms with Crippen molar-refractivity contribution in [3.8, 4) is 0 Å². The van der Waals surface area contributed by atoms with Gasteiger partial charge in [0.2, 0.25) is 0 Å². The summed E-state index contributed by atoms with van der Waals surface area (Å²) >= 11 is 1.67. The molecule has 0 bridgehead atoms. The van der Waals surface area contributed by atoms with E-state index in [9.17, 15) is 4.79 Å². The van der Waals surface area contributed by atoms with Crippen LogP contribution in [0.1, 0.15) is 27.9 Å². The van der Waals surface area contributed by atoms with Crippen LogP contribution in [0.5, 0.6) is 0 Å². The van der Waals surface area contributed by atoms with E-state index >= 15 is 0 Å². The Morgan fingerprint density at radius 3 is 3.06 bits per heavy atom. The smallest absolute Gasteiger partial charge is 0.268 e. The van der Waals surface area contributed by atoms with Crippen molar-refractivity contribution in [2.75, 3.05) is 5.73 Å². The van der Waals surface area contributed by atoms with E-state index in [1.165, 1.54) is 10.4 Å². The zero-order chi connectivity index (χ0) is 12.3. The second-order valence-electron chi connectivity index (χ2n) is 3.75. The number of carbonyl (C=O) groups excluding carboxylic acids is 1. The number of nitrogens with two attached hydrogens (primary N) is 1. The summed E-state index contributed by atoms with van der Waals surface area (Å²) in [7, 11) is 0. The van der Waals surface area contributed by atoms with E-state index < -0.39 is 0 Å². The molecule has 2 aromatic rings. The van der Waals surface area contributed by atoms with Crippen molar-refractivity contribution in [3.05, 3.63) is 39.8 Å². The van der Waals surface area contributed by atoms with E-state index in [-0.39, 0.29) is 5.91 Å². The molecule has 0 aliphatic heterocycles. The molecule has 0 aliphatic rings. The molecule has 0 aromatic carbocycles. The molecule has 17 heavy (non-hydrogen) atoms. The molecule has 5 heteroatoms. The van der Waals surface area contributed by atoms with Crippen molar-refractivity contribution in [3.63, 3.8) is 0 Å².